The summed E-state index contributed by atoms with van der Waals surface area (Å²) >= 11 is 0. The Kier molecular flexibility index (Phi) is 6.44. The zero-order chi connectivity index (χ0) is 29.8. The standard InChI is InChI=1S/C32H31N9O3/c1-39-37-29(36-38-39)28(19-5-3-2-4-6-19)41-23-10-11-24(41)18-40(17-23)32(43)26-15-21(13-14-33-26)31-35-25-16-22(9-12-27(25)44-31)34-30(42)20-7-8-20/h2-6,9,12-16,20,23-24,28H,7-8,10-11,17-18H2,1H3,(H,34,42). The molecule has 12 heteroatoms. The predicted molar refractivity (Wildman–Crippen MR) is 160 cm³/mol. The number of tetrazole rings is 1. The predicted octanol–water partition coefficient (Wildman–Crippen LogP) is 3.84. The molecule has 0 radical (unpaired) electrons. The number of rotatable bonds is 7. The Morgan fingerprint density at radius 3 is 2.50 bits per heavy atom. The van der Waals surface area contributed by atoms with Gasteiger partial charge in [-0.05, 0) is 66.8 Å². The van der Waals surface area contributed by atoms with Crippen molar-refractivity contribution < 1.29 is 14.0 Å². The summed E-state index contributed by atoms with van der Waals surface area (Å²) in [5.74, 6) is 1.11. The van der Waals surface area contributed by atoms with Gasteiger partial charge in [0.2, 0.25) is 11.8 Å². The van der Waals surface area contributed by atoms with E-state index in [9.17, 15) is 9.59 Å². The van der Waals surface area contributed by atoms with Crippen LogP contribution < -0.4 is 5.32 Å². The van der Waals surface area contributed by atoms with Crippen molar-refractivity contribution >= 4 is 28.6 Å². The number of carbonyl (C=O) groups is 2. The van der Waals surface area contributed by atoms with Gasteiger partial charge in [0.25, 0.3) is 5.91 Å². The topological polar surface area (TPSA) is 135 Å². The highest BCUT2D eigenvalue weighted by molar-refractivity contribution is 5.96. The molecule has 8 rings (SSSR count). The van der Waals surface area contributed by atoms with Crippen LogP contribution in [0.2, 0.25) is 0 Å². The van der Waals surface area contributed by atoms with Crippen molar-refractivity contribution in [1.29, 1.82) is 0 Å². The van der Waals surface area contributed by atoms with Crippen LogP contribution in [0.5, 0.6) is 0 Å². The molecule has 2 saturated heterocycles. The van der Waals surface area contributed by atoms with Crippen LogP contribution in [0.25, 0.3) is 22.6 Å². The number of hydrogen-bond donors (Lipinski definition) is 1. The van der Waals surface area contributed by atoms with Gasteiger partial charge in [0, 0.05) is 48.5 Å². The van der Waals surface area contributed by atoms with Gasteiger partial charge in [-0.3, -0.25) is 19.5 Å². The normalized spacial score (nSPS) is 20.6. The number of benzene rings is 2. The van der Waals surface area contributed by atoms with E-state index in [1.165, 1.54) is 4.80 Å². The van der Waals surface area contributed by atoms with E-state index >= 15 is 0 Å². The van der Waals surface area contributed by atoms with Crippen molar-refractivity contribution in [2.75, 3.05) is 18.4 Å². The fourth-order valence-electron chi connectivity index (χ4n) is 6.58. The number of oxazole rings is 1. The van der Waals surface area contributed by atoms with Crippen LogP contribution in [0, 0.1) is 5.92 Å². The number of likely N-dealkylation sites (tertiary alicyclic amines) is 1. The van der Waals surface area contributed by atoms with Crippen molar-refractivity contribution in [2.45, 2.75) is 43.8 Å². The summed E-state index contributed by atoms with van der Waals surface area (Å²) < 4.78 is 6.02. The third-order valence-corrected chi connectivity index (χ3v) is 8.84. The zero-order valence-corrected chi connectivity index (χ0v) is 24.2. The summed E-state index contributed by atoms with van der Waals surface area (Å²) in [5.41, 5.74) is 4.07. The van der Waals surface area contributed by atoms with E-state index in [0.717, 1.165) is 31.2 Å². The summed E-state index contributed by atoms with van der Waals surface area (Å²) in [6.07, 6.45) is 5.47. The number of piperazine rings is 1. The molecule has 44 heavy (non-hydrogen) atoms. The van der Waals surface area contributed by atoms with Crippen molar-refractivity contribution in [3.05, 3.63) is 83.9 Å². The van der Waals surface area contributed by atoms with Crippen molar-refractivity contribution in [1.82, 2.24) is 40.0 Å². The summed E-state index contributed by atoms with van der Waals surface area (Å²) in [6.45, 7) is 1.17. The van der Waals surface area contributed by atoms with E-state index in [-0.39, 0.29) is 35.9 Å². The van der Waals surface area contributed by atoms with Crippen molar-refractivity contribution in [3.63, 3.8) is 0 Å². The first-order valence-corrected chi connectivity index (χ1v) is 15.0. The molecule has 5 heterocycles. The monoisotopic (exact) mass is 589 g/mol. The van der Waals surface area contributed by atoms with Crippen LogP contribution in [-0.2, 0) is 11.8 Å². The van der Waals surface area contributed by atoms with E-state index in [0.29, 0.717) is 52.8 Å². The first kappa shape index (κ1) is 26.6. The fourth-order valence-corrected chi connectivity index (χ4v) is 6.58. The number of nitrogens with zero attached hydrogens (tertiary/aromatic N) is 8. The molecule has 3 atom stereocenters. The number of aryl methyl sites for hydroxylation is 1. The highest BCUT2D eigenvalue weighted by Gasteiger charge is 2.46. The minimum atomic E-state index is -0.136. The number of hydrogen-bond acceptors (Lipinski definition) is 9. The molecule has 2 bridgehead atoms. The smallest absolute Gasteiger partial charge is 0.272 e. The largest absolute Gasteiger partial charge is 0.436 e. The molecule has 2 aromatic carbocycles. The fraction of sp³-hybridized carbons (Fsp3) is 0.344. The SMILES string of the molecule is Cn1nnc(C(c2ccccc2)N2C3CCC2CN(C(=O)c2cc(-c4nc5cc(NC(=O)C6CC6)ccc5o4)ccn2)C3)n1. The molecule has 1 saturated carbocycles. The molecule has 2 amide bonds. The van der Waals surface area contributed by atoms with Crippen LogP contribution in [0.15, 0.2) is 71.3 Å². The number of aromatic nitrogens is 6. The lowest BCUT2D eigenvalue weighted by molar-refractivity contribution is -0.117. The Morgan fingerprint density at radius 1 is 0.977 bits per heavy atom. The van der Waals surface area contributed by atoms with E-state index < -0.39 is 0 Å². The second kappa shape index (κ2) is 10.6. The second-order valence-corrected chi connectivity index (χ2v) is 11.9. The lowest BCUT2D eigenvalue weighted by Crippen LogP contribution is -2.56. The minimum absolute atomic E-state index is 0.0422. The van der Waals surface area contributed by atoms with Crippen LogP contribution in [0.3, 0.4) is 0 Å². The molecule has 5 aromatic rings. The average Bonchev–Trinajstić information content (AvgIpc) is 3.61. The average molecular weight is 590 g/mol. The quantitative estimate of drug-likeness (QED) is 0.300. The van der Waals surface area contributed by atoms with Crippen LogP contribution in [0.1, 0.15) is 53.6 Å². The van der Waals surface area contributed by atoms with E-state index in [1.807, 2.05) is 35.2 Å². The number of amides is 2. The summed E-state index contributed by atoms with van der Waals surface area (Å²) in [6, 6.07) is 19.4. The maximum absolute atomic E-state index is 13.8. The van der Waals surface area contributed by atoms with Gasteiger partial charge < -0.3 is 14.6 Å². The Morgan fingerprint density at radius 2 is 1.77 bits per heavy atom. The Balaban J connectivity index is 1.02. The minimum Gasteiger partial charge on any atom is -0.436 e. The highest BCUT2D eigenvalue weighted by Crippen LogP contribution is 2.40. The molecule has 3 aliphatic rings. The summed E-state index contributed by atoms with van der Waals surface area (Å²) in [7, 11) is 1.78. The highest BCUT2D eigenvalue weighted by atomic mass is 16.3. The molecule has 222 valence electrons. The lowest BCUT2D eigenvalue weighted by Gasteiger charge is -2.44. The van der Waals surface area contributed by atoms with Gasteiger partial charge in [-0.1, -0.05) is 30.3 Å². The molecule has 2 aliphatic heterocycles. The lowest BCUT2D eigenvalue weighted by atomic mass is 10.0. The van der Waals surface area contributed by atoms with Gasteiger partial charge in [0.15, 0.2) is 11.4 Å². The Bertz CT molecular complexity index is 1850. The van der Waals surface area contributed by atoms with E-state index in [1.54, 1.807) is 31.4 Å². The second-order valence-electron chi connectivity index (χ2n) is 11.9. The van der Waals surface area contributed by atoms with Crippen LogP contribution in [0.4, 0.5) is 5.69 Å². The first-order valence-electron chi connectivity index (χ1n) is 15.0. The summed E-state index contributed by atoms with van der Waals surface area (Å²) in [4.78, 5) is 41.0. The van der Waals surface area contributed by atoms with Gasteiger partial charge in [-0.25, -0.2) is 4.98 Å². The molecule has 0 spiro atoms. The molecule has 12 nitrogen and oxygen atoms in total. The molecule has 1 N–H and O–H groups in total. The van der Waals surface area contributed by atoms with Gasteiger partial charge >= 0.3 is 0 Å². The number of fused-ring (bicyclic) bond motifs is 3. The Hall–Kier alpha value is -4.97. The van der Waals surface area contributed by atoms with Crippen LogP contribution >= 0.6 is 0 Å². The Labute approximate surface area is 253 Å². The number of nitrogens with one attached hydrogen (secondary N) is 1. The van der Waals surface area contributed by atoms with Crippen molar-refractivity contribution in [3.8, 4) is 11.5 Å². The van der Waals surface area contributed by atoms with E-state index in [4.69, 9.17) is 4.42 Å². The third-order valence-electron chi connectivity index (χ3n) is 8.84. The zero-order valence-electron chi connectivity index (χ0n) is 24.2. The first-order chi connectivity index (χ1) is 21.5. The van der Waals surface area contributed by atoms with Crippen LogP contribution in [-0.4, -0.2) is 77.0 Å². The molecule has 3 unspecified atom stereocenters. The van der Waals surface area contributed by atoms with Gasteiger partial charge in [-0.15, -0.1) is 10.2 Å². The molecule has 3 fully saturated rings. The third kappa shape index (κ3) is 4.90. The van der Waals surface area contributed by atoms with Gasteiger partial charge in [0.1, 0.15) is 17.3 Å². The summed E-state index contributed by atoms with van der Waals surface area (Å²) in [5, 5.41) is 16.0. The number of carbonyl (C=O) groups excluding carboxylic acids is 2. The van der Waals surface area contributed by atoms with E-state index in [2.05, 4.69) is 47.7 Å². The molecular formula is C32H31N9O3. The molecular weight excluding hydrogens is 558 g/mol. The molecule has 1 aliphatic carbocycles. The van der Waals surface area contributed by atoms with Gasteiger partial charge in [-0.2, -0.15) is 4.80 Å². The number of pyridine rings is 1. The van der Waals surface area contributed by atoms with Crippen molar-refractivity contribution in [2.24, 2.45) is 13.0 Å². The maximum Gasteiger partial charge on any atom is 0.272 e. The maximum atomic E-state index is 13.8. The number of anilines is 1. The molecule has 3 aromatic heterocycles. The van der Waals surface area contributed by atoms with Gasteiger partial charge in [0.05, 0.1) is 7.05 Å².